The zero-order chi connectivity index (χ0) is 14.0. The second kappa shape index (κ2) is 5.80. The lowest BCUT2D eigenvalue weighted by Crippen LogP contribution is -2.58. The summed E-state index contributed by atoms with van der Waals surface area (Å²) < 4.78 is 0. The van der Waals surface area contributed by atoms with Crippen LogP contribution in [0.1, 0.15) is 45.4 Å². The SMILES string of the molecule is CC1CC(C(=O)NCC2(N(C)C)CCC2)CCC1N. The van der Waals surface area contributed by atoms with E-state index in [1.54, 1.807) is 0 Å². The molecule has 0 aromatic carbocycles. The monoisotopic (exact) mass is 267 g/mol. The Hall–Kier alpha value is -0.610. The Morgan fingerprint density at radius 3 is 2.53 bits per heavy atom. The minimum Gasteiger partial charge on any atom is -0.354 e. The minimum atomic E-state index is 0.175. The quantitative estimate of drug-likeness (QED) is 0.808. The third kappa shape index (κ3) is 3.11. The number of carbonyl (C=O) groups is 1. The molecule has 2 fully saturated rings. The molecule has 0 radical (unpaired) electrons. The topological polar surface area (TPSA) is 58.4 Å². The Morgan fingerprint density at radius 1 is 1.37 bits per heavy atom. The number of likely N-dealkylation sites (N-methyl/N-ethyl adjacent to an activating group) is 1. The fourth-order valence-corrected chi connectivity index (χ4v) is 3.42. The summed E-state index contributed by atoms with van der Waals surface area (Å²) >= 11 is 0. The van der Waals surface area contributed by atoms with E-state index >= 15 is 0 Å². The van der Waals surface area contributed by atoms with E-state index in [4.69, 9.17) is 5.73 Å². The summed E-state index contributed by atoms with van der Waals surface area (Å²) in [5, 5.41) is 3.19. The lowest BCUT2D eigenvalue weighted by Gasteiger charge is -2.47. The van der Waals surface area contributed by atoms with E-state index in [-0.39, 0.29) is 23.4 Å². The second-order valence-electron chi connectivity index (χ2n) is 6.84. The van der Waals surface area contributed by atoms with E-state index in [1.165, 1.54) is 19.3 Å². The highest BCUT2D eigenvalue weighted by Crippen LogP contribution is 2.35. The van der Waals surface area contributed by atoms with Gasteiger partial charge in [0.25, 0.3) is 0 Å². The highest BCUT2D eigenvalue weighted by Gasteiger charge is 2.40. The zero-order valence-corrected chi connectivity index (χ0v) is 12.6. The van der Waals surface area contributed by atoms with Gasteiger partial charge in [-0.05, 0) is 58.5 Å². The highest BCUT2D eigenvalue weighted by atomic mass is 16.1. The molecule has 3 unspecified atom stereocenters. The van der Waals surface area contributed by atoms with Gasteiger partial charge in [-0.2, -0.15) is 0 Å². The van der Waals surface area contributed by atoms with Crippen molar-refractivity contribution in [2.75, 3.05) is 20.6 Å². The Labute approximate surface area is 117 Å². The van der Waals surface area contributed by atoms with Crippen LogP contribution in [-0.2, 0) is 4.79 Å². The molecule has 0 heterocycles. The molecule has 110 valence electrons. The van der Waals surface area contributed by atoms with Gasteiger partial charge >= 0.3 is 0 Å². The molecule has 0 saturated heterocycles. The van der Waals surface area contributed by atoms with E-state index in [2.05, 4.69) is 31.2 Å². The Kier molecular flexibility index (Phi) is 4.51. The molecule has 2 rings (SSSR count). The van der Waals surface area contributed by atoms with Gasteiger partial charge in [0.15, 0.2) is 0 Å². The summed E-state index contributed by atoms with van der Waals surface area (Å²) in [6, 6.07) is 0.281. The summed E-state index contributed by atoms with van der Waals surface area (Å²) in [7, 11) is 4.24. The number of nitrogens with zero attached hydrogens (tertiary/aromatic N) is 1. The van der Waals surface area contributed by atoms with Gasteiger partial charge in [0.05, 0.1) is 0 Å². The van der Waals surface area contributed by atoms with Crippen LogP contribution in [0.4, 0.5) is 0 Å². The largest absolute Gasteiger partial charge is 0.354 e. The second-order valence-corrected chi connectivity index (χ2v) is 6.84. The molecule has 4 heteroatoms. The number of rotatable bonds is 4. The molecular formula is C15H29N3O. The van der Waals surface area contributed by atoms with Gasteiger partial charge in [0.2, 0.25) is 5.91 Å². The van der Waals surface area contributed by atoms with Crippen molar-refractivity contribution in [1.29, 1.82) is 0 Å². The van der Waals surface area contributed by atoms with Gasteiger partial charge in [-0.15, -0.1) is 0 Å². The van der Waals surface area contributed by atoms with Crippen molar-refractivity contribution in [3.8, 4) is 0 Å². The van der Waals surface area contributed by atoms with Crippen LogP contribution < -0.4 is 11.1 Å². The first-order valence-electron chi connectivity index (χ1n) is 7.65. The van der Waals surface area contributed by atoms with Gasteiger partial charge in [-0.25, -0.2) is 0 Å². The standard InChI is InChI=1S/C15H29N3O/c1-11-9-12(5-6-13(11)16)14(19)17-10-15(18(2)3)7-4-8-15/h11-13H,4-10,16H2,1-3H3,(H,17,19). The van der Waals surface area contributed by atoms with Crippen molar-refractivity contribution < 1.29 is 4.79 Å². The maximum Gasteiger partial charge on any atom is 0.223 e. The van der Waals surface area contributed by atoms with Crippen LogP contribution in [0.2, 0.25) is 0 Å². The molecule has 0 aromatic rings. The molecule has 3 N–H and O–H groups in total. The average molecular weight is 267 g/mol. The highest BCUT2D eigenvalue weighted by molar-refractivity contribution is 5.78. The molecule has 0 spiro atoms. The van der Waals surface area contributed by atoms with Crippen molar-refractivity contribution in [2.45, 2.75) is 57.0 Å². The fourth-order valence-electron chi connectivity index (χ4n) is 3.42. The zero-order valence-electron chi connectivity index (χ0n) is 12.6. The third-order valence-electron chi connectivity index (χ3n) is 5.43. The number of amides is 1. The summed E-state index contributed by atoms with van der Waals surface area (Å²) in [6.45, 7) is 2.97. The van der Waals surface area contributed by atoms with Crippen molar-refractivity contribution in [3.63, 3.8) is 0 Å². The van der Waals surface area contributed by atoms with E-state index < -0.39 is 0 Å². The number of hydrogen-bond acceptors (Lipinski definition) is 3. The third-order valence-corrected chi connectivity index (χ3v) is 5.43. The summed E-state index contributed by atoms with van der Waals surface area (Å²) in [5.74, 6) is 0.886. The van der Waals surface area contributed by atoms with E-state index in [1.807, 2.05) is 0 Å². The number of carbonyl (C=O) groups excluding carboxylic acids is 1. The van der Waals surface area contributed by atoms with Crippen LogP contribution in [0.15, 0.2) is 0 Å². The van der Waals surface area contributed by atoms with Crippen molar-refractivity contribution in [1.82, 2.24) is 10.2 Å². The Bertz CT molecular complexity index is 325. The van der Waals surface area contributed by atoms with Crippen LogP contribution >= 0.6 is 0 Å². The maximum absolute atomic E-state index is 12.3. The first-order chi connectivity index (χ1) is 8.94. The van der Waals surface area contributed by atoms with E-state index in [0.29, 0.717) is 5.92 Å². The van der Waals surface area contributed by atoms with Crippen LogP contribution in [0, 0.1) is 11.8 Å². The van der Waals surface area contributed by atoms with Gasteiger partial charge in [0, 0.05) is 24.0 Å². The summed E-state index contributed by atoms with van der Waals surface area (Å²) in [4.78, 5) is 14.6. The molecule has 0 aromatic heterocycles. The Balaban J connectivity index is 1.81. The summed E-state index contributed by atoms with van der Waals surface area (Å²) in [5.41, 5.74) is 6.23. The molecule has 3 atom stereocenters. The average Bonchev–Trinajstić information content (AvgIpc) is 2.30. The predicted molar refractivity (Wildman–Crippen MR) is 77.8 cm³/mol. The first kappa shape index (κ1) is 14.8. The van der Waals surface area contributed by atoms with Crippen LogP contribution in [0.3, 0.4) is 0 Å². The van der Waals surface area contributed by atoms with Crippen LogP contribution in [0.5, 0.6) is 0 Å². The number of hydrogen-bond donors (Lipinski definition) is 2. The fraction of sp³-hybridized carbons (Fsp3) is 0.933. The molecule has 2 saturated carbocycles. The molecule has 2 aliphatic carbocycles. The maximum atomic E-state index is 12.3. The van der Waals surface area contributed by atoms with Gasteiger partial charge < -0.3 is 16.0 Å². The van der Waals surface area contributed by atoms with Crippen molar-refractivity contribution in [3.05, 3.63) is 0 Å². The lowest BCUT2D eigenvalue weighted by molar-refractivity contribution is -0.127. The van der Waals surface area contributed by atoms with Crippen LogP contribution in [0.25, 0.3) is 0 Å². The predicted octanol–water partition coefficient (Wildman–Crippen LogP) is 1.35. The minimum absolute atomic E-state index is 0.175. The first-order valence-corrected chi connectivity index (χ1v) is 7.65. The molecule has 4 nitrogen and oxygen atoms in total. The van der Waals surface area contributed by atoms with Crippen LogP contribution in [-0.4, -0.2) is 43.0 Å². The molecule has 0 aliphatic heterocycles. The lowest BCUT2D eigenvalue weighted by atomic mass is 9.75. The smallest absolute Gasteiger partial charge is 0.223 e. The molecule has 1 amide bonds. The molecular weight excluding hydrogens is 238 g/mol. The molecule has 0 bridgehead atoms. The Morgan fingerprint density at radius 2 is 2.05 bits per heavy atom. The molecule has 2 aliphatic rings. The van der Waals surface area contributed by atoms with Crippen molar-refractivity contribution in [2.24, 2.45) is 17.6 Å². The van der Waals surface area contributed by atoms with E-state index in [9.17, 15) is 4.79 Å². The van der Waals surface area contributed by atoms with Crippen molar-refractivity contribution >= 4 is 5.91 Å². The van der Waals surface area contributed by atoms with Gasteiger partial charge in [-0.1, -0.05) is 6.92 Å². The summed E-state index contributed by atoms with van der Waals surface area (Å²) in [6.07, 6.45) is 6.56. The van der Waals surface area contributed by atoms with Gasteiger partial charge in [-0.3, -0.25) is 4.79 Å². The molecule has 19 heavy (non-hydrogen) atoms. The van der Waals surface area contributed by atoms with E-state index in [0.717, 1.165) is 25.8 Å². The normalized spacial score (nSPS) is 33.8. The number of nitrogens with one attached hydrogen (secondary N) is 1. The number of nitrogens with two attached hydrogens (primary N) is 1. The van der Waals surface area contributed by atoms with Gasteiger partial charge in [0.1, 0.15) is 0 Å².